The van der Waals surface area contributed by atoms with Gasteiger partial charge in [0.05, 0.1) is 24.8 Å². The fourth-order valence-corrected chi connectivity index (χ4v) is 2.44. The normalized spacial score (nSPS) is 14.8. The Morgan fingerprint density at radius 3 is 2.90 bits per heavy atom. The van der Waals surface area contributed by atoms with Crippen LogP contribution in [-0.2, 0) is 6.42 Å². The van der Waals surface area contributed by atoms with Gasteiger partial charge in [0, 0.05) is 12.1 Å². The average Bonchev–Trinajstić information content (AvgIpc) is 2.40. The fraction of sp³-hybridized carbons (Fsp3) is 0.467. The summed E-state index contributed by atoms with van der Waals surface area (Å²) in [5.74, 6) is 1.43. The molecule has 106 valence electrons. The standard InChI is InChI=1S/C15H17BrN2O2/c1-3-19-14-9-12-11(8-15(14)20-10(2)16)5-7-18-13(12)4-6-17/h8-10H,3-5,7H2,1-2H3. The Morgan fingerprint density at radius 2 is 2.25 bits per heavy atom. The Labute approximate surface area is 127 Å². The quantitative estimate of drug-likeness (QED) is 0.773. The van der Waals surface area contributed by atoms with Crippen molar-refractivity contribution in [3.8, 4) is 17.6 Å². The van der Waals surface area contributed by atoms with Crippen LogP contribution in [-0.4, -0.2) is 23.9 Å². The molecule has 2 rings (SSSR count). The van der Waals surface area contributed by atoms with E-state index < -0.39 is 0 Å². The number of benzene rings is 1. The van der Waals surface area contributed by atoms with Gasteiger partial charge >= 0.3 is 0 Å². The van der Waals surface area contributed by atoms with E-state index in [2.05, 4.69) is 27.0 Å². The van der Waals surface area contributed by atoms with Gasteiger partial charge in [0.15, 0.2) is 16.5 Å². The average molecular weight is 337 g/mol. The summed E-state index contributed by atoms with van der Waals surface area (Å²) in [5.41, 5.74) is 3.01. The fourth-order valence-electron chi connectivity index (χ4n) is 2.24. The van der Waals surface area contributed by atoms with Crippen LogP contribution in [0.4, 0.5) is 0 Å². The highest BCUT2D eigenvalue weighted by Crippen LogP contribution is 2.34. The molecule has 0 saturated heterocycles. The summed E-state index contributed by atoms with van der Waals surface area (Å²) in [6, 6.07) is 6.11. The third-order valence-corrected chi connectivity index (χ3v) is 3.19. The molecule has 1 atom stereocenters. The summed E-state index contributed by atoms with van der Waals surface area (Å²) in [4.78, 5) is 4.44. The molecule has 0 amide bonds. The van der Waals surface area contributed by atoms with Crippen LogP contribution in [0.2, 0.25) is 0 Å². The van der Waals surface area contributed by atoms with Crippen molar-refractivity contribution in [1.82, 2.24) is 0 Å². The monoisotopic (exact) mass is 336 g/mol. The van der Waals surface area contributed by atoms with Gasteiger partial charge in [0.1, 0.15) is 0 Å². The van der Waals surface area contributed by atoms with Crippen LogP contribution in [0, 0.1) is 11.3 Å². The predicted molar refractivity (Wildman–Crippen MR) is 82.0 cm³/mol. The van der Waals surface area contributed by atoms with E-state index in [9.17, 15) is 0 Å². The lowest BCUT2D eigenvalue weighted by Crippen LogP contribution is -2.14. The smallest absolute Gasteiger partial charge is 0.163 e. The van der Waals surface area contributed by atoms with Gasteiger partial charge in [-0.05, 0) is 53.9 Å². The van der Waals surface area contributed by atoms with E-state index in [1.165, 1.54) is 0 Å². The van der Waals surface area contributed by atoms with Gasteiger partial charge in [-0.3, -0.25) is 4.99 Å². The second-order valence-electron chi connectivity index (χ2n) is 4.46. The molecule has 1 aliphatic heterocycles. The molecule has 0 bridgehead atoms. The van der Waals surface area contributed by atoms with Crippen LogP contribution < -0.4 is 9.47 Å². The molecule has 0 N–H and O–H groups in total. The highest BCUT2D eigenvalue weighted by Gasteiger charge is 2.19. The minimum absolute atomic E-state index is 0.0874. The third-order valence-electron chi connectivity index (χ3n) is 3.00. The maximum absolute atomic E-state index is 8.90. The Kier molecular flexibility index (Phi) is 5.02. The lowest BCUT2D eigenvalue weighted by molar-refractivity contribution is 0.274. The Bertz CT molecular complexity index is 562. The van der Waals surface area contributed by atoms with Gasteiger partial charge in [-0.2, -0.15) is 5.26 Å². The first kappa shape index (κ1) is 14.9. The molecule has 5 heteroatoms. The van der Waals surface area contributed by atoms with Crippen LogP contribution in [0.3, 0.4) is 0 Å². The summed E-state index contributed by atoms with van der Waals surface area (Å²) >= 11 is 3.38. The Morgan fingerprint density at radius 1 is 1.45 bits per heavy atom. The SMILES string of the molecule is CCOc1cc2c(cc1OC(C)Br)CCN=C2CC#N. The van der Waals surface area contributed by atoms with E-state index in [-0.39, 0.29) is 5.01 Å². The molecule has 0 radical (unpaired) electrons. The Hall–Kier alpha value is -1.54. The first-order chi connectivity index (χ1) is 9.65. The van der Waals surface area contributed by atoms with Crippen LogP contribution in [0.5, 0.6) is 11.5 Å². The summed E-state index contributed by atoms with van der Waals surface area (Å²) in [6.07, 6.45) is 1.19. The molecule has 1 aromatic rings. The van der Waals surface area contributed by atoms with Crippen molar-refractivity contribution in [3.05, 3.63) is 23.3 Å². The second kappa shape index (κ2) is 6.76. The van der Waals surface area contributed by atoms with Crippen LogP contribution in [0.1, 0.15) is 31.4 Å². The van der Waals surface area contributed by atoms with Crippen molar-refractivity contribution in [2.24, 2.45) is 4.99 Å². The molecule has 4 nitrogen and oxygen atoms in total. The molecular weight excluding hydrogens is 320 g/mol. The zero-order valence-electron chi connectivity index (χ0n) is 11.6. The predicted octanol–water partition coefficient (Wildman–Crippen LogP) is 3.46. The van der Waals surface area contributed by atoms with E-state index in [0.29, 0.717) is 18.8 Å². The zero-order chi connectivity index (χ0) is 14.5. The largest absolute Gasteiger partial charge is 0.490 e. The van der Waals surface area contributed by atoms with E-state index in [1.54, 1.807) is 0 Å². The third kappa shape index (κ3) is 3.31. The van der Waals surface area contributed by atoms with E-state index in [1.807, 2.05) is 26.0 Å². The van der Waals surface area contributed by atoms with E-state index >= 15 is 0 Å². The van der Waals surface area contributed by atoms with Crippen molar-refractivity contribution in [2.45, 2.75) is 31.7 Å². The number of fused-ring (bicyclic) bond motifs is 1. The van der Waals surface area contributed by atoms with Crippen molar-refractivity contribution in [3.63, 3.8) is 0 Å². The number of rotatable bonds is 5. The van der Waals surface area contributed by atoms with Gasteiger partial charge in [-0.15, -0.1) is 0 Å². The van der Waals surface area contributed by atoms with Gasteiger partial charge in [-0.25, -0.2) is 0 Å². The number of alkyl halides is 1. The summed E-state index contributed by atoms with van der Waals surface area (Å²) in [5, 5.41) is 8.81. The topological polar surface area (TPSA) is 54.6 Å². The van der Waals surface area contributed by atoms with E-state index in [4.69, 9.17) is 14.7 Å². The molecule has 0 saturated carbocycles. The molecule has 0 aliphatic carbocycles. The van der Waals surface area contributed by atoms with Crippen LogP contribution >= 0.6 is 15.9 Å². The number of nitrogens with zero attached hydrogens (tertiary/aromatic N) is 2. The molecule has 0 spiro atoms. The Balaban J connectivity index is 2.44. The lowest BCUT2D eigenvalue weighted by atomic mass is 9.95. The molecular formula is C15H17BrN2O2. The molecule has 0 fully saturated rings. The summed E-state index contributed by atoms with van der Waals surface area (Å²) < 4.78 is 11.4. The van der Waals surface area contributed by atoms with Gasteiger partial charge in [0.2, 0.25) is 0 Å². The van der Waals surface area contributed by atoms with Crippen molar-refractivity contribution >= 4 is 21.6 Å². The summed E-state index contributed by atoms with van der Waals surface area (Å²) in [7, 11) is 0. The van der Waals surface area contributed by atoms with Gasteiger partial charge in [-0.1, -0.05) is 0 Å². The minimum atomic E-state index is -0.0874. The molecule has 0 aromatic heterocycles. The second-order valence-corrected chi connectivity index (χ2v) is 5.75. The maximum atomic E-state index is 8.90. The number of halogens is 1. The molecule has 1 aliphatic rings. The molecule has 1 aromatic carbocycles. The number of aliphatic imine (C=N–C) groups is 1. The minimum Gasteiger partial charge on any atom is -0.490 e. The first-order valence-corrected chi connectivity index (χ1v) is 7.58. The van der Waals surface area contributed by atoms with E-state index in [0.717, 1.165) is 35.6 Å². The van der Waals surface area contributed by atoms with Crippen molar-refractivity contribution < 1.29 is 9.47 Å². The number of ether oxygens (including phenoxy) is 2. The number of hydrogen-bond acceptors (Lipinski definition) is 4. The number of hydrogen-bond donors (Lipinski definition) is 0. The maximum Gasteiger partial charge on any atom is 0.163 e. The molecule has 20 heavy (non-hydrogen) atoms. The summed E-state index contributed by atoms with van der Waals surface area (Å²) in [6.45, 7) is 5.14. The number of nitriles is 1. The first-order valence-electron chi connectivity index (χ1n) is 6.66. The van der Waals surface area contributed by atoms with Crippen LogP contribution in [0.25, 0.3) is 0 Å². The lowest BCUT2D eigenvalue weighted by Gasteiger charge is -2.20. The zero-order valence-corrected chi connectivity index (χ0v) is 13.2. The highest BCUT2D eigenvalue weighted by molar-refractivity contribution is 9.09. The van der Waals surface area contributed by atoms with Gasteiger partial charge in [0.25, 0.3) is 0 Å². The highest BCUT2D eigenvalue weighted by atomic mass is 79.9. The molecule has 1 unspecified atom stereocenters. The van der Waals surface area contributed by atoms with Crippen LogP contribution in [0.15, 0.2) is 17.1 Å². The van der Waals surface area contributed by atoms with Gasteiger partial charge < -0.3 is 9.47 Å². The molecule has 1 heterocycles. The van der Waals surface area contributed by atoms with Crippen molar-refractivity contribution in [2.75, 3.05) is 13.2 Å². The van der Waals surface area contributed by atoms with Crippen molar-refractivity contribution in [1.29, 1.82) is 5.26 Å².